The van der Waals surface area contributed by atoms with Gasteiger partial charge in [-0.3, -0.25) is 4.68 Å². The summed E-state index contributed by atoms with van der Waals surface area (Å²) in [7, 11) is 1.86. The van der Waals surface area contributed by atoms with Crippen LogP contribution in [0.3, 0.4) is 0 Å². The van der Waals surface area contributed by atoms with Crippen LogP contribution in [0.1, 0.15) is 29.9 Å². The monoisotopic (exact) mass is 281 g/mol. The second-order valence-electron chi connectivity index (χ2n) is 4.18. The zero-order valence-corrected chi connectivity index (χ0v) is 11.7. The molecule has 0 fully saturated rings. The molecule has 1 heterocycles. The topological polar surface area (TPSA) is 29.9 Å². The third-order valence-electron chi connectivity index (χ3n) is 2.82. The molecule has 0 spiro atoms. The molecular weight excluding hydrogens is 263 g/mol. The molecular formula is C11H18F3N3S. The lowest BCUT2D eigenvalue weighted by Crippen LogP contribution is -2.23. The van der Waals surface area contributed by atoms with Gasteiger partial charge in [-0.25, -0.2) is 0 Å². The van der Waals surface area contributed by atoms with Crippen LogP contribution in [0.15, 0.2) is 0 Å². The number of nitrogens with one attached hydrogen (secondary N) is 1. The molecule has 0 bridgehead atoms. The Bertz CT molecular complexity index is 401. The Morgan fingerprint density at radius 1 is 1.39 bits per heavy atom. The Hall–Kier alpha value is -0.690. The van der Waals surface area contributed by atoms with Crippen LogP contribution in [0.4, 0.5) is 13.2 Å². The van der Waals surface area contributed by atoms with Crippen LogP contribution >= 0.6 is 11.8 Å². The molecule has 0 saturated heterocycles. The van der Waals surface area contributed by atoms with Gasteiger partial charge in [-0.1, -0.05) is 0 Å². The van der Waals surface area contributed by atoms with Crippen LogP contribution in [0.25, 0.3) is 0 Å². The summed E-state index contributed by atoms with van der Waals surface area (Å²) in [6.07, 6.45) is 0. The van der Waals surface area contributed by atoms with Crippen molar-refractivity contribution in [1.82, 2.24) is 15.1 Å². The summed E-state index contributed by atoms with van der Waals surface area (Å²) < 4.78 is 37.7. The maximum Gasteiger partial charge on any atom is 0.441 e. The summed E-state index contributed by atoms with van der Waals surface area (Å²) in [5.74, 6) is 0.0200. The highest BCUT2D eigenvalue weighted by Gasteiger charge is 2.27. The van der Waals surface area contributed by atoms with E-state index in [-0.39, 0.29) is 23.6 Å². The summed E-state index contributed by atoms with van der Waals surface area (Å²) >= 11 is 0.00102. The molecule has 0 saturated carbocycles. The van der Waals surface area contributed by atoms with Crippen LogP contribution in [0, 0.1) is 13.8 Å². The van der Waals surface area contributed by atoms with E-state index in [1.54, 1.807) is 4.68 Å². The number of alkyl halides is 3. The van der Waals surface area contributed by atoms with E-state index in [2.05, 4.69) is 10.4 Å². The standard InChI is InChI=1S/C11H18F3N3S/c1-7(15-5-6-18-11(12,13)14)10-8(2)16-17(4)9(10)3/h7,15H,5-6H2,1-4H3. The largest absolute Gasteiger partial charge is 0.441 e. The molecule has 0 amide bonds. The number of rotatable bonds is 5. The van der Waals surface area contributed by atoms with Gasteiger partial charge in [-0.2, -0.15) is 18.3 Å². The number of aromatic nitrogens is 2. The normalized spacial score (nSPS) is 13.9. The molecule has 18 heavy (non-hydrogen) atoms. The van der Waals surface area contributed by atoms with Crippen molar-refractivity contribution in [2.75, 3.05) is 12.3 Å². The molecule has 0 radical (unpaired) electrons. The number of halogens is 3. The van der Waals surface area contributed by atoms with Crippen molar-refractivity contribution in [3.63, 3.8) is 0 Å². The van der Waals surface area contributed by atoms with Gasteiger partial charge in [0.25, 0.3) is 0 Å². The lowest BCUT2D eigenvalue weighted by atomic mass is 10.1. The van der Waals surface area contributed by atoms with Crippen LogP contribution in [-0.2, 0) is 7.05 Å². The summed E-state index contributed by atoms with van der Waals surface area (Å²) in [4.78, 5) is 0. The molecule has 3 nitrogen and oxygen atoms in total. The molecule has 1 unspecified atom stereocenters. The van der Waals surface area contributed by atoms with E-state index < -0.39 is 5.51 Å². The van der Waals surface area contributed by atoms with E-state index in [0.717, 1.165) is 17.0 Å². The first-order valence-corrected chi connectivity index (χ1v) is 6.65. The lowest BCUT2D eigenvalue weighted by Gasteiger charge is -2.15. The maximum atomic E-state index is 12.0. The minimum atomic E-state index is -4.15. The van der Waals surface area contributed by atoms with Crippen molar-refractivity contribution in [1.29, 1.82) is 0 Å². The summed E-state index contributed by atoms with van der Waals surface area (Å²) in [5, 5.41) is 7.38. The molecule has 0 aliphatic rings. The fourth-order valence-electron chi connectivity index (χ4n) is 1.96. The van der Waals surface area contributed by atoms with Crippen molar-refractivity contribution >= 4 is 11.8 Å². The Labute approximate surface area is 109 Å². The van der Waals surface area contributed by atoms with Gasteiger partial charge in [-0.15, -0.1) is 0 Å². The molecule has 104 valence electrons. The second kappa shape index (κ2) is 5.97. The van der Waals surface area contributed by atoms with Crippen LogP contribution in [0.5, 0.6) is 0 Å². The van der Waals surface area contributed by atoms with Crippen LogP contribution in [0.2, 0.25) is 0 Å². The Morgan fingerprint density at radius 2 is 2.00 bits per heavy atom. The van der Waals surface area contributed by atoms with Crippen molar-refractivity contribution < 1.29 is 13.2 Å². The van der Waals surface area contributed by atoms with Gasteiger partial charge >= 0.3 is 5.51 Å². The van der Waals surface area contributed by atoms with E-state index in [4.69, 9.17) is 0 Å². The van der Waals surface area contributed by atoms with E-state index in [9.17, 15) is 13.2 Å². The zero-order chi connectivity index (χ0) is 13.9. The summed E-state index contributed by atoms with van der Waals surface area (Å²) in [6, 6.07) is 0.00698. The summed E-state index contributed by atoms with van der Waals surface area (Å²) in [5.41, 5.74) is -1.13. The fourth-order valence-corrected chi connectivity index (χ4v) is 2.41. The Kier molecular flexibility index (Phi) is 5.10. The first-order valence-electron chi connectivity index (χ1n) is 5.66. The van der Waals surface area contributed by atoms with Gasteiger partial charge in [0.15, 0.2) is 0 Å². The highest BCUT2D eigenvalue weighted by molar-refractivity contribution is 8.00. The van der Waals surface area contributed by atoms with Gasteiger partial charge in [0, 0.05) is 36.6 Å². The third kappa shape index (κ3) is 4.20. The zero-order valence-electron chi connectivity index (χ0n) is 10.9. The highest BCUT2D eigenvalue weighted by Crippen LogP contribution is 2.29. The first-order chi connectivity index (χ1) is 8.22. The smallest absolute Gasteiger partial charge is 0.309 e. The molecule has 0 aliphatic heterocycles. The number of hydrogen-bond donors (Lipinski definition) is 1. The molecule has 1 atom stereocenters. The van der Waals surface area contributed by atoms with Crippen LogP contribution in [-0.4, -0.2) is 27.6 Å². The van der Waals surface area contributed by atoms with Crippen molar-refractivity contribution in [3.05, 3.63) is 17.0 Å². The maximum absolute atomic E-state index is 12.0. The number of nitrogens with zero attached hydrogens (tertiary/aromatic N) is 2. The Morgan fingerprint density at radius 3 is 2.44 bits per heavy atom. The molecule has 1 rings (SSSR count). The lowest BCUT2D eigenvalue weighted by molar-refractivity contribution is -0.0327. The van der Waals surface area contributed by atoms with E-state index in [1.165, 1.54) is 0 Å². The quantitative estimate of drug-likeness (QED) is 0.842. The van der Waals surface area contributed by atoms with E-state index in [0.29, 0.717) is 6.54 Å². The van der Waals surface area contributed by atoms with Gasteiger partial charge < -0.3 is 5.32 Å². The molecule has 1 N–H and O–H groups in total. The first kappa shape index (κ1) is 15.4. The van der Waals surface area contributed by atoms with Crippen molar-refractivity contribution in [3.8, 4) is 0 Å². The van der Waals surface area contributed by atoms with Gasteiger partial charge in [0.2, 0.25) is 0 Å². The second-order valence-corrected chi connectivity index (χ2v) is 5.34. The number of thioether (sulfide) groups is 1. The average Bonchev–Trinajstić information content (AvgIpc) is 2.47. The minimum absolute atomic E-state index is 0.00102. The van der Waals surface area contributed by atoms with Gasteiger partial charge in [-0.05, 0) is 32.5 Å². The van der Waals surface area contributed by atoms with Crippen LogP contribution < -0.4 is 5.32 Å². The predicted octanol–water partition coefficient (Wildman–Crippen LogP) is 2.94. The average molecular weight is 281 g/mol. The molecule has 0 aromatic carbocycles. The number of aryl methyl sites for hydroxylation is 2. The van der Waals surface area contributed by atoms with E-state index in [1.807, 2.05) is 27.8 Å². The van der Waals surface area contributed by atoms with Gasteiger partial charge in [0.1, 0.15) is 0 Å². The molecule has 1 aromatic heterocycles. The van der Waals surface area contributed by atoms with E-state index >= 15 is 0 Å². The van der Waals surface area contributed by atoms with Gasteiger partial charge in [0.05, 0.1) is 5.69 Å². The third-order valence-corrected chi connectivity index (χ3v) is 3.55. The SMILES string of the molecule is Cc1nn(C)c(C)c1C(C)NCCSC(F)(F)F. The highest BCUT2D eigenvalue weighted by atomic mass is 32.2. The molecule has 7 heteroatoms. The fraction of sp³-hybridized carbons (Fsp3) is 0.727. The summed E-state index contributed by atoms with van der Waals surface area (Å²) in [6.45, 7) is 6.12. The van der Waals surface area contributed by atoms with Crippen molar-refractivity contribution in [2.45, 2.75) is 32.3 Å². The molecule has 1 aromatic rings. The minimum Gasteiger partial charge on any atom is -0.309 e. The van der Waals surface area contributed by atoms with Crippen molar-refractivity contribution in [2.24, 2.45) is 7.05 Å². The Balaban J connectivity index is 2.48. The predicted molar refractivity (Wildman–Crippen MR) is 67.6 cm³/mol. The molecule has 0 aliphatic carbocycles. The number of hydrogen-bond acceptors (Lipinski definition) is 3.